The van der Waals surface area contributed by atoms with Gasteiger partial charge in [0.1, 0.15) is 0 Å². The minimum absolute atomic E-state index is 0.0549. The fraction of sp³-hybridized carbons (Fsp3) is 0.444. The summed E-state index contributed by atoms with van der Waals surface area (Å²) in [7, 11) is 0. The first kappa shape index (κ1) is 16.0. The molecule has 1 N–H and O–H groups in total. The highest BCUT2D eigenvalue weighted by Gasteiger charge is 2.31. The molecule has 0 unspecified atom stereocenters. The predicted molar refractivity (Wildman–Crippen MR) is 96.1 cm³/mol. The third-order valence-corrected chi connectivity index (χ3v) is 4.94. The molecule has 4 nitrogen and oxygen atoms in total. The zero-order valence-electron chi connectivity index (χ0n) is 14.1. The molecule has 1 saturated heterocycles. The van der Waals surface area contributed by atoms with E-state index in [2.05, 4.69) is 53.7 Å². The van der Waals surface area contributed by atoms with Gasteiger partial charge in [-0.3, -0.25) is 4.79 Å². The van der Waals surface area contributed by atoms with E-state index in [1.54, 1.807) is 11.3 Å². The maximum atomic E-state index is 11.9. The van der Waals surface area contributed by atoms with E-state index in [0.29, 0.717) is 12.5 Å². The number of anilines is 1. The lowest BCUT2D eigenvalue weighted by Gasteiger charge is -2.38. The Morgan fingerprint density at radius 2 is 1.96 bits per heavy atom. The van der Waals surface area contributed by atoms with E-state index in [-0.39, 0.29) is 11.4 Å². The summed E-state index contributed by atoms with van der Waals surface area (Å²) in [5.74, 6) is 0.587. The second kappa shape index (κ2) is 5.96. The number of hydrogen-bond donors (Lipinski definition) is 1. The lowest BCUT2D eigenvalue weighted by Crippen LogP contribution is -2.60. The molecule has 1 aromatic carbocycles. The van der Waals surface area contributed by atoms with E-state index in [4.69, 9.17) is 4.98 Å². The monoisotopic (exact) mass is 329 g/mol. The van der Waals surface area contributed by atoms with Gasteiger partial charge in [0, 0.05) is 17.5 Å². The topological polar surface area (TPSA) is 45.2 Å². The largest absolute Gasteiger partial charge is 0.348 e. The summed E-state index contributed by atoms with van der Waals surface area (Å²) in [6, 6.07) is 8.58. The molecule has 1 aromatic heterocycles. The van der Waals surface area contributed by atoms with Crippen LogP contribution in [0.15, 0.2) is 29.6 Å². The second-order valence-corrected chi connectivity index (χ2v) is 7.92. The van der Waals surface area contributed by atoms with Gasteiger partial charge in [-0.05, 0) is 25.3 Å². The fourth-order valence-corrected chi connectivity index (χ4v) is 3.71. The number of carbonyl (C=O) groups is 1. The Hall–Kier alpha value is -1.88. The molecule has 122 valence electrons. The number of thiazole rings is 1. The van der Waals surface area contributed by atoms with Crippen LogP contribution < -0.4 is 10.2 Å². The number of rotatable bonds is 3. The van der Waals surface area contributed by atoms with Gasteiger partial charge in [0.2, 0.25) is 5.91 Å². The van der Waals surface area contributed by atoms with Gasteiger partial charge in [0.05, 0.1) is 17.8 Å². The average Bonchev–Trinajstić information content (AvgIpc) is 2.95. The standard InChI is InChI=1S/C18H23N3OS/c1-12(2)13-5-7-14(8-6-13)15-10-23-17(19-15)21-9-16(22)20-18(3,4)11-21/h5-8,10,12H,9,11H2,1-4H3,(H,20,22). The van der Waals surface area contributed by atoms with Crippen LogP contribution in [-0.4, -0.2) is 29.5 Å². The Balaban J connectivity index is 1.81. The summed E-state index contributed by atoms with van der Waals surface area (Å²) in [6.45, 7) is 9.62. The number of nitrogens with zero attached hydrogens (tertiary/aromatic N) is 2. The van der Waals surface area contributed by atoms with E-state index >= 15 is 0 Å². The first-order valence-electron chi connectivity index (χ1n) is 7.96. The number of amides is 1. The maximum Gasteiger partial charge on any atom is 0.240 e. The van der Waals surface area contributed by atoms with Gasteiger partial charge in [0.15, 0.2) is 5.13 Å². The van der Waals surface area contributed by atoms with Crippen molar-refractivity contribution in [1.29, 1.82) is 0 Å². The van der Waals surface area contributed by atoms with E-state index < -0.39 is 0 Å². The molecule has 3 rings (SSSR count). The molecule has 0 bridgehead atoms. The third kappa shape index (κ3) is 3.55. The molecule has 0 aliphatic carbocycles. The Labute approximate surface area is 141 Å². The van der Waals surface area contributed by atoms with Crippen molar-refractivity contribution >= 4 is 22.4 Å². The Kier molecular flexibility index (Phi) is 4.15. The molecular weight excluding hydrogens is 306 g/mol. The van der Waals surface area contributed by atoms with Gasteiger partial charge in [0.25, 0.3) is 0 Å². The quantitative estimate of drug-likeness (QED) is 0.935. The van der Waals surface area contributed by atoms with Crippen LogP contribution in [0.5, 0.6) is 0 Å². The van der Waals surface area contributed by atoms with Crippen molar-refractivity contribution in [3.8, 4) is 11.3 Å². The lowest BCUT2D eigenvalue weighted by molar-refractivity contribution is -0.122. The number of piperazine rings is 1. The van der Waals surface area contributed by atoms with Crippen molar-refractivity contribution in [2.24, 2.45) is 0 Å². The van der Waals surface area contributed by atoms with Gasteiger partial charge < -0.3 is 10.2 Å². The average molecular weight is 329 g/mol. The van der Waals surface area contributed by atoms with E-state index in [9.17, 15) is 4.79 Å². The van der Waals surface area contributed by atoms with Crippen LogP contribution in [0.2, 0.25) is 0 Å². The minimum Gasteiger partial charge on any atom is -0.348 e. The summed E-state index contributed by atoms with van der Waals surface area (Å²) in [6.07, 6.45) is 0. The zero-order valence-corrected chi connectivity index (χ0v) is 14.9. The van der Waals surface area contributed by atoms with Gasteiger partial charge in [-0.2, -0.15) is 0 Å². The van der Waals surface area contributed by atoms with Crippen LogP contribution in [0.3, 0.4) is 0 Å². The van der Waals surface area contributed by atoms with Crippen molar-refractivity contribution in [3.05, 3.63) is 35.2 Å². The van der Waals surface area contributed by atoms with Gasteiger partial charge in [-0.25, -0.2) is 4.98 Å². The third-order valence-electron chi connectivity index (χ3n) is 4.03. The molecule has 1 aliphatic rings. The van der Waals surface area contributed by atoms with Gasteiger partial charge in [-0.15, -0.1) is 11.3 Å². The molecule has 0 saturated carbocycles. The number of aromatic nitrogens is 1. The Morgan fingerprint density at radius 1 is 1.26 bits per heavy atom. The molecule has 1 amide bonds. The summed E-state index contributed by atoms with van der Waals surface area (Å²) in [5, 5.41) is 5.99. The maximum absolute atomic E-state index is 11.9. The zero-order chi connectivity index (χ0) is 16.6. The van der Waals surface area contributed by atoms with E-state index in [0.717, 1.165) is 22.9 Å². The van der Waals surface area contributed by atoms with Crippen molar-refractivity contribution in [2.75, 3.05) is 18.0 Å². The van der Waals surface area contributed by atoms with Gasteiger partial charge >= 0.3 is 0 Å². The second-order valence-electron chi connectivity index (χ2n) is 7.08. The summed E-state index contributed by atoms with van der Waals surface area (Å²) in [4.78, 5) is 18.7. The van der Waals surface area contributed by atoms with Crippen LogP contribution in [-0.2, 0) is 4.79 Å². The molecular formula is C18H23N3OS. The normalized spacial score (nSPS) is 17.4. The van der Waals surface area contributed by atoms with Crippen LogP contribution in [0.1, 0.15) is 39.2 Å². The molecule has 1 fully saturated rings. The number of hydrogen-bond acceptors (Lipinski definition) is 4. The molecule has 1 aliphatic heterocycles. The van der Waals surface area contributed by atoms with Crippen molar-refractivity contribution < 1.29 is 4.79 Å². The molecule has 2 aromatic rings. The molecule has 23 heavy (non-hydrogen) atoms. The number of nitrogens with one attached hydrogen (secondary N) is 1. The van der Waals surface area contributed by atoms with E-state index in [1.165, 1.54) is 5.56 Å². The van der Waals surface area contributed by atoms with Crippen LogP contribution >= 0.6 is 11.3 Å². The highest BCUT2D eigenvalue weighted by molar-refractivity contribution is 7.14. The minimum atomic E-state index is -0.222. The highest BCUT2D eigenvalue weighted by Crippen LogP contribution is 2.30. The summed E-state index contributed by atoms with van der Waals surface area (Å²) >= 11 is 1.60. The predicted octanol–water partition coefficient (Wildman–Crippen LogP) is 3.65. The van der Waals surface area contributed by atoms with Crippen LogP contribution in [0.25, 0.3) is 11.3 Å². The summed E-state index contributed by atoms with van der Waals surface area (Å²) < 4.78 is 0. The van der Waals surface area contributed by atoms with Crippen molar-refractivity contribution in [3.63, 3.8) is 0 Å². The highest BCUT2D eigenvalue weighted by atomic mass is 32.1. The Morgan fingerprint density at radius 3 is 2.57 bits per heavy atom. The molecule has 0 spiro atoms. The summed E-state index contributed by atoms with van der Waals surface area (Å²) in [5.41, 5.74) is 3.21. The number of carbonyl (C=O) groups excluding carboxylic acids is 1. The SMILES string of the molecule is CC(C)c1ccc(-c2csc(N3CC(=O)NC(C)(C)C3)n2)cc1. The van der Waals surface area contributed by atoms with E-state index in [1.807, 2.05) is 13.8 Å². The molecule has 2 heterocycles. The fourth-order valence-electron chi connectivity index (χ4n) is 2.88. The smallest absolute Gasteiger partial charge is 0.240 e. The Bertz CT molecular complexity index is 703. The molecule has 0 radical (unpaired) electrons. The van der Waals surface area contributed by atoms with Crippen molar-refractivity contribution in [1.82, 2.24) is 10.3 Å². The molecule has 5 heteroatoms. The first-order valence-corrected chi connectivity index (χ1v) is 8.84. The van der Waals surface area contributed by atoms with Crippen LogP contribution in [0, 0.1) is 0 Å². The van der Waals surface area contributed by atoms with Gasteiger partial charge in [-0.1, -0.05) is 38.1 Å². The van der Waals surface area contributed by atoms with Crippen molar-refractivity contribution in [2.45, 2.75) is 39.2 Å². The lowest BCUT2D eigenvalue weighted by atomic mass is 10.0. The number of benzene rings is 1. The van der Waals surface area contributed by atoms with Crippen LogP contribution in [0.4, 0.5) is 5.13 Å². The molecule has 0 atom stereocenters. The first-order chi connectivity index (χ1) is 10.8.